The third-order valence-corrected chi connectivity index (χ3v) is 6.73. The second-order valence-electron chi connectivity index (χ2n) is 5.82. The lowest BCUT2D eigenvalue weighted by Crippen LogP contribution is -2.42. The zero-order valence-electron chi connectivity index (χ0n) is 11.8. The number of rotatable bonds is 4. The maximum absolute atomic E-state index is 11.8. The molecule has 3 rings (SSSR count). The van der Waals surface area contributed by atoms with Crippen molar-refractivity contribution < 1.29 is 8.42 Å². The van der Waals surface area contributed by atoms with E-state index in [1.165, 1.54) is 29.5 Å². The molecule has 1 aliphatic carbocycles. The van der Waals surface area contributed by atoms with Crippen molar-refractivity contribution >= 4 is 21.4 Å². The molecule has 2 aliphatic rings. The Bertz CT molecular complexity index is 567. The van der Waals surface area contributed by atoms with Crippen LogP contribution in [0.5, 0.6) is 0 Å². The average molecular weight is 314 g/mol. The quantitative estimate of drug-likeness (QED) is 0.926. The van der Waals surface area contributed by atoms with E-state index in [2.05, 4.69) is 16.8 Å². The predicted molar refractivity (Wildman–Crippen MR) is 82.6 cm³/mol. The first kappa shape index (κ1) is 14.5. The third-order valence-electron chi connectivity index (χ3n) is 4.40. The monoisotopic (exact) mass is 314 g/mol. The van der Waals surface area contributed by atoms with Gasteiger partial charge in [-0.2, -0.15) is 4.31 Å². The molecule has 1 aromatic rings. The van der Waals surface area contributed by atoms with Crippen LogP contribution in [-0.2, 0) is 16.4 Å². The second kappa shape index (κ2) is 5.75. The highest BCUT2D eigenvalue weighted by atomic mass is 32.2. The number of thiophene rings is 1. The van der Waals surface area contributed by atoms with Crippen molar-refractivity contribution in [3.63, 3.8) is 0 Å². The van der Waals surface area contributed by atoms with Crippen LogP contribution in [0.3, 0.4) is 0 Å². The smallest absolute Gasteiger partial charge is 0.211 e. The third kappa shape index (κ3) is 2.93. The van der Waals surface area contributed by atoms with Gasteiger partial charge in [0.1, 0.15) is 0 Å². The Morgan fingerprint density at radius 3 is 3.05 bits per heavy atom. The van der Waals surface area contributed by atoms with Gasteiger partial charge in [0.05, 0.1) is 6.26 Å². The van der Waals surface area contributed by atoms with Crippen LogP contribution in [0.15, 0.2) is 11.4 Å². The van der Waals surface area contributed by atoms with Crippen molar-refractivity contribution in [1.29, 1.82) is 0 Å². The zero-order chi connectivity index (χ0) is 14.2. The first-order chi connectivity index (χ1) is 9.55. The van der Waals surface area contributed by atoms with E-state index < -0.39 is 10.0 Å². The highest BCUT2D eigenvalue weighted by Crippen LogP contribution is 2.33. The van der Waals surface area contributed by atoms with Crippen molar-refractivity contribution in [1.82, 2.24) is 9.62 Å². The topological polar surface area (TPSA) is 49.4 Å². The fraction of sp³-hybridized carbons (Fsp3) is 0.714. The van der Waals surface area contributed by atoms with Crippen LogP contribution in [0.25, 0.3) is 0 Å². The molecule has 1 aliphatic heterocycles. The molecule has 0 amide bonds. The van der Waals surface area contributed by atoms with E-state index in [1.54, 1.807) is 4.31 Å². The van der Waals surface area contributed by atoms with Gasteiger partial charge in [-0.3, -0.25) is 0 Å². The number of aryl methyl sites for hydroxylation is 1. The van der Waals surface area contributed by atoms with Crippen LogP contribution in [-0.4, -0.2) is 38.1 Å². The van der Waals surface area contributed by atoms with E-state index in [0.29, 0.717) is 12.6 Å². The summed E-state index contributed by atoms with van der Waals surface area (Å²) < 4.78 is 25.2. The van der Waals surface area contributed by atoms with E-state index in [4.69, 9.17) is 0 Å². The summed E-state index contributed by atoms with van der Waals surface area (Å²) in [6.07, 6.45) is 6.87. The van der Waals surface area contributed by atoms with E-state index in [-0.39, 0.29) is 6.04 Å². The number of fused-ring (bicyclic) bond motifs is 1. The van der Waals surface area contributed by atoms with Gasteiger partial charge in [-0.1, -0.05) is 0 Å². The Labute approximate surface area is 125 Å². The largest absolute Gasteiger partial charge is 0.308 e. The molecular formula is C14H22N2O2S2. The minimum absolute atomic E-state index is 0.133. The normalized spacial score (nSPS) is 27.6. The van der Waals surface area contributed by atoms with Crippen LogP contribution in [0.2, 0.25) is 0 Å². The van der Waals surface area contributed by atoms with Crippen LogP contribution in [0.4, 0.5) is 0 Å². The lowest BCUT2D eigenvalue weighted by atomic mass is 9.94. The molecule has 20 heavy (non-hydrogen) atoms. The Kier molecular flexibility index (Phi) is 4.17. The Morgan fingerprint density at radius 1 is 1.40 bits per heavy atom. The number of hydrogen-bond acceptors (Lipinski definition) is 4. The summed E-state index contributed by atoms with van der Waals surface area (Å²) in [6.45, 7) is 1.45. The summed E-state index contributed by atoms with van der Waals surface area (Å²) in [6, 6.07) is 2.76. The molecule has 0 aromatic carbocycles. The summed E-state index contributed by atoms with van der Waals surface area (Å²) in [7, 11) is -3.06. The molecule has 112 valence electrons. The molecule has 1 aromatic heterocycles. The van der Waals surface area contributed by atoms with Gasteiger partial charge >= 0.3 is 0 Å². The van der Waals surface area contributed by atoms with Gasteiger partial charge in [0.25, 0.3) is 0 Å². The number of hydrogen-bond donors (Lipinski definition) is 1. The molecule has 6 heteroatoms. The van der Waals surface area contributed by atoms with Gasteiger partial charge in [0.15, 0.2) is 0 Å². The van der Waals surface area contributed by atoms with E-state index in [1.807, 2.05) is 11.3 Å². The van der Waals surface area contributed by atoms with Gasteiger partial charge in [-0.05, 0) is 49.1 Å². The van der Waals surface area contributed by atoms with Crippen molar-refractivity contribution in [2.45, 2.75) is 44.2 Å². The minimum Gasteiger partial charge on any atom is -0.308 e. The molecule has 0 spiro atoms. The number of nitrogens with one attached hydrogen (secondary N) is 1. The molecule has 0 saturated carbocycles. The van der Waals surface area contributed by atoms with Gasteiger partial charge < -0.3 is 5.32 Å². The zero-order valence-corrected chi connectivity index (χ0v) is 13.5. The molecule has 1 N–H and O–H groups in total. The molecule has 0 bridgehead atoms. The van der Waals surface area contributed by atoms with Crippen LogP contribution in [0.1, 0.15) is 42.2 Å². The van der Waals surface area contributed by atoms with Crippen LogP contribution < -0.4 is 5.32 Å². The summed E-state index contributed by atoms with van der Waals surface area (Å²) in [5, 5.41) is 5.78. The SMILES string of the molecule is CS(=O)(=O)N1CCC[C@@H]1CNC1CCCc2sccc21. The summed E-state index contributed by atoms with van der Waals surface area (Å²) in [4.78, 5) is 1.50. The highest BCUT2D eigenvalue weighted by Gasteiger charge is 2.32. The molecule has 2 heterocycles. The first-order valence-corrected chi connectivity index (χ1v) is 10.0. The molecule has 1 saturated heterocycles. The van der Waals surface area contributed by atoms with E-state index >= 15 is 0 Å². The fourth-order valence-corrected chi connectivity index (χ4v) is 5.60. The standard InChI is InChI=1S/C14H22N2O2S2/c1-20(17,18)16-8-3-4-11(16)10-15-13-5-2-6-14-12(13)7-9-19-14/h7,9,11,13,15H,2-6,8,10H2,1H3/t11-,13?/m1/s1. The molecule has 1 unspecified atom stereocenters. The van der Waals surface area contributed by atoms with Gasteiger partial charge in [-0.25, -0.2) is 8.42 Å². The van der Waals surface area contributed by atoms with Gasteiger partial charge in [0.2, 0.25) is 10.0 Å². The number of nitrogens with zero attached hydrogens (tertiary/aromatic N) is 1. The minimum atomic E-state index is -3.06. The van der Waals surface area contributed by atoms with Crippen molar-refractivity contribution in [2.24, 2.45) is 0 Å². The molecule has 0 radical (unpaired) electrons. The van der Waals surface area contributed by atoms with Crippen LogP contribution in [0, 0.1) is 0 Å². The summed E-state index contributed by atoms with van der Waals surface area (Å²) in [5.74, 6) is 0. The summed E-state index contributed by atoms with van der Waals surface area (Å²) in [5.41, 5.74) is 1.44. The first-order valence-electron chi connectivity index (χ1n) is 7.32. The summed E-state index contributed by atoms with van der Waals surface area (Å²) >= 11 is 1.85. The van der Waals surface area contributed by atoms with Gasteiger partial charge in [-0.15, -0.1) is 11.3 Å². The maximum atomic E-state index is 11.8. The van der Waals surface area contributed by atoms with Crippen molar-refractivity contribution in [2.75, 3.05) is 19.3 Å². The maximum Gasteiger partial charge on any atom is 0.211 e. The van der Waals surface area contributed by atoms with E-state index in [0.717, 1.165) is 25.8 Å². The molecular weight excluding hydrogens is 292 g/mol. The lowest BCUT2D eigenvalue weighted by molar-refractivity contribution is 0.349. The van der Waals surface area contributed by atoms with E-state index in [9.17, 15) is 8.42 Å². The lowest BCUT2D eigenvalue weighted by Gasteiger charge is -2.28. The van der Waals surface area contributed by atoms with Crippen LogP contribution >= 0.6 is 11.3 Å². The Balaban J connectivity index is 1.63. The Hall–Kier alpha value is -0.430. The second-order valence-corrected chi connectivity index (χ2v) is 8.76. The Morgan fingerprint density at radius 2 is 2.25 bits per heavy atom. The molecule has 4 nitrogen and oxygen atoms in total. The van der Waals surface area contributed by atoms with Crippen molar-refractivity contribution in [3.8, 4) is 0 Å². The highest BCUT2D eigenvalue weighted by molar-refractivity contribution is 7.88. The number of sulfonamides is 1. The average Bonchev–Trinajstić information content (AvgIpc) is 3.04. The predicted octanol–water partition coefficient (Wildman–Crippen LogP) is 2.14. The molecule has 2 atom stereocenters. The fourth-order valence-electron chi connectivity index (χ4n) is 3.43. The molecule has 1 fully saturated rings. The van der Waals surface area contributed by atoms with Gasteiger partial charge in [0, 0.05) is 30.1 Å². The van der Waals surface area contributed by atoms with Crippen molar-refractivity contribution in [3.05, 3.63) is 21.9 Å².